The van der Waals surface area contributed by atoms with Crippen LogP contribution >= 0.6 is 22.9 Å². The van der Waals surface area contributed by atoms with Crippen LogP contribution in [-0.2, 0) is 0 Å². The number of hydrogen-bond donors (Lipinski definition) is 0. The molecule has 0 amide bonds. The maximum absolute atomic E-state index is 5.92. The zero-order chi connectivity index (χ0) is 14.1. The van der Waals surface area contributed by atoms with Gasteiger partial charge in [0.25, 0.3) is 0 Å². The number of nitrogens with zero attached hydrogens (tertiary/aromatic N) is 1. The minimum atomic E-state index is 0.750. The lowest BCUT2D eigenvalue weighted by molar-refractivity contribution is 1.34. The van der Waals surface area contributed by atoms with Gasteiger partial charge < -0.3 is 0 Å². The fourth-order valence-corrected chi connectivity index (χ4v) is 3.18. The van der Waals surface area contributed by atoms with Crippen LogP contribution in [0, 0.1) is 13.8 Å². The van der Waals surface area contributed by atoms with Crippen LogP contribution in [-0.4, -0.2) is 4.98 Å². The smallest absolute Gasteiger partial charge is 0.124 e. The number of halogens is 1. The molecule has 0 spiro atoms. The monoisotopic (exact) mass is 299 g/mol. The van der Waals surface area contributed by atoms with Crippen LogP contribution in [0.2, 0.25) is 5.02 Å². The Morgan fingerprint density at radius 2 is 1.75 bits per heavy atom. The lowest BCUT2D eigenvalue weighted by Gasteiger charge is -2.03. The molecule has 0 bridgehead atoms. The first-order valence-electron chi connectivity index (χ1n) is 6.42. The molecule has 0 unspecified atom stereocenters. The topological polar surface area (TPSA) is 12.9 Å². The van der Waals surface area contributed by atoms with Crippen molar-refractivity contribution in [2.24, 2.45) is 0 Å². The predicted molar refractivity (Wildman–Crippen MR) is 87.5 cm³/mol. The van der Waals surface area contributed by atoms with E-state index in [2.05, 4.69) is 37.4 Å². The average Bonchev–Trinajstić information content (AvgIpc) is 2.89. The lowest BCUT2D eigenvalue weighted by atomic mass is 10.0. The first-order valence-corrected chi connectivity index (χ1v) is 7.68. The van der Waals surface area contributed by atoms with Crippen molar-refractivity contribution in [3.63, 3.8) is 0 Å². The summed E-state index contributed by atoms with van der Waals surface area (Å²) in [5.74, 6) is 0. The van der Waals surface area contributed by atoms with Crippen LogP contribution in [0.4, 0.5) is 0 Å². The van der Waals surface area contributed by atoms with Crippen molar-refractivity contribution < 1.29 is 0 Å². The van der Waals surface area contributed by atoms with E-state index in [1.807, 2.05) is 24.3 Å². The van der Waals surface area contributed by atoms with Crippen LogP contribution in [0.25, 0.3) is 21.8 Å². The third-order valence-electron chi connectivity index (χ3n) is 3.25. The maximum atomic E-state index is 5.92. The molecule has 0 aliphatic carbocycles. The summed E-state index contributed by atoms with van der Waals surface area (Å²) < 4.78 is 0. The van der Waals surface area contributed by atoms with Crippen molar-refractivity contribution in [1.29, 1.82) is 0 Å². The van der Waals surface area contributed by atoms with Gasteiger partial charge >= 0.3 is 0 Å². The molecule has 0 N–H and O–H groups in total. The first-order chi connectivity index (χ1) is 9.63. The van der Waals surface area contributed by atoms with Crippen molar-refractivity contribution in [1.82, 2.24) is 4.98 Å². The van der Waals surface area contributed by atoms with Crippen LogP contribution in [0.1, 0.15) is 11.1 Å². The van der Waals surface area contributed by atoms with E-state index in [-0.39, 0.29) is 0 Å². The number of thiazole rings is 1. The molecule has 3 heteroatoms. The SMILES string of the molecule is Cc1ccc(-c2csc(-c3ccc(Cl)cc3)n2)c(C)c1. The molecule has 20 heavy (non-hydrogen) atoms. The van der Waals surface area contributed by atoms with E-state index >= 15 is 0 Å². The summed E-state index contributed by atoms with van der Waals surface area (Å²) in [5, 5.41) is 3.89. The Morgan fingerprint density at radius 1 is 1.00 bits per heavy atom. The fraction of sp³-hybridized carbons (Fsp3) is 0.118. The second-order valence-corrected chi connectivity index (χ2v) is 6.16. The Kier molecular flexibility index (Phi) is 3.60. The number of aromatic nitrogens is 1. The van der Waals surface area contributed by atoms with Gasteiger partial charge in [0, 0.05) is 21.5 Å². The molecule has 0 radical (unpaired) electrons. The zero-order valence-corrected chi connectivity index (χ0v) is 12.9. The molecule has 3 aromatic rings. The third kappa shape index (κ3) is 2.62. The maximum Gasteiger partial charge on any atom is 0.124 e. The van der Waals surface area contributed by atoms with Crippen LogP contribution in [0.15, 0.2) is 47.8 Å². The summed E-state index contributed by atoms with van der Waals surface area (Å²) in [4.78, 5) is 4.75. The van der Waals surface area contributed by atoms with Gasteiger partial charge in [-0.05, 0) is 31.5 Å². The second-order valence-electron chi connectivity index (χ2n) is 4.86. The third-order valence-corrected chi connectivity index (χ3v) is 4.40. The summed E-state index contributed by atoms with van der Waals surface area (Å²) in [7, 11) is 0. The summed E-state index contributed by atoms with van der Waals surface area (Å²) in [6.45, 7) is 4.24. The standard InChI is InChI=1S/C17H14ClNS/c1-11-3-8-15(12(2)9-11)16-10-20-17(19-16)13-4-6-14(18)7-5-13/h3-10H,1-2H3. The van der Waals surface area contributed by atoms with Crippen molar-refractivity contribution >= 4 is 22.9 Å². The van der Waals surface area contributed by atoms with Gasteiger partial charge in [-0.2, -0.15) is 0 Å². The van der Waals surface area contributed by atoms with Gasteiger partial charge in [0.2, 0.25) is 0 Å². The van der Waals surface area contributed by atoms with Gasteiger partial charge in [0.1, 0.15) is 5.01 Å². The van der Waals surface area contributed by atoms with E-state index in [1.165, 1.54) is 16.7 Å². The van der Waals surface area contributed by atoms with Crippen molar-refractivity contribution in [2.75, 3.05) is 0 Å². The number of benzene rings is 2. The van der Waals surface area contributed by atoms with Gasteiger partial charge in [-0.1, -0.05) is 47.5 Å². The second kappa shape index (κ2) is 5.39. The molecule has 0 fully saturated rings. The Hall–Kier alpha value is -1.64. The van der Waals surface area contributed by atoms with E-state index < -0.39 is 0 Å². The van der Waals surface area contributed by atoms with Crippen LogP contribution in [0.5, 0.6) is 0 Å². The molecule has 1 heterocycles. The molecular weight excluding hydrogens is 286 g/mol. The molecular formula is C17H14ClNS. The average molecular weight is 300 g/mol. The Balaban J connectivity index is 1.99. The highest BCUT2D eigenvalue weighted by Gasteiger charge is 2.08. The number of aryl methyl sites for hydroxylation is 2. The largest absolute Gasteiger partial charge is 0.236 e. The van der Waals surface area contributed by atoms with Crippen LogP contribution < -0.4 is 0 Å². The number of rotatable bonds is 2. The zero-order valence-electron chi connectivity index (χ0n) is 11.4. The Bertz CT molecular complexity index is 744. The highest BCUT2D eigenvalue weighted by molar-refractivity contribution is 7.13. The van der Waals surface area contributed by atoms with Gasteiger partial charge in [-0.25, -0.2) is 4.98 Å². The summed E-state index contributed by atoms with van der Waals surface area (Å²) >= 11 is 7.58. The number of hydrogen-bond acceptors (Lipinski definition) is 2. The normalized spacial score (nSPS) is 10.8. The molecule has 1 aromatic heterocycles. The highest BCUT2D eigenvalue weighted by atomic mass is 35.5. The molecule has 0 aliphatic heterocycles. The minimum Gasteiger partial charge on any atom is -0.236 e. The van der Waals surface area contributed by atoms with E-state index in [0.717, 1.165) is 21.3 Å². The van der Waals surface area contributed by atoms with Crippen molar-refractivity contribution in [2.45, 2.75) is 13.8 Å². The van der Waals surface area contributed by atoms with Gasteiger partial charge in [-0.3, -0.25) is 0 Å². The fourth-order valence-electron chi connectivity index (χ4n) is 2.22. The summed E-state index contributed by atoms with van der Waals surface area (Å²) in [5.41, 5.74) is 5.89. The molecule has 0 saturated carbocycles. The molecule has 0 atom stereocenters. The van der Waals surface area contributed by atoms with E-state index in [4.69, 9.17) is 16.6 Å². The van der Waals surface area contributed by atoms with E-state index in [9.17, 15) is 0 Å². The molecule has 0 saturated heterocycles. The van der Waals surface area contributed by atoms with E-state index in [1.54, 1.807) is 11.3 Å². The summed E-state index contributed by atoms with van der Waals surface area (Å²) in [6, 6.07) is 14.3. The molecule has 0 aliphatic rings. The molecule has 100 valence electrons. The van der Waals surface area contributed by atoms with E-state index in [0.29, 0.717) is 0 Å². The summed E-state index contributed by atoms with van der Waals surface area (Å²) in [6.07, 6.45) is 0. The first kappa shape index (κ1) is 13.3. The van der Waals surface area contributed by atoms with Crippen molar-refractivity contribution in [3.8, 4) is 21.8 Å². The molecule has 1 nitrogen and oxygen atoms in total. The highest BCUT2D eigenvalue weighted by Crippen LogP contribution is 2.31. The molecule has 2 aromatic carbocycles. The predicted octanol–water partition coefficient (Wildman–Crippen LogP) is 5.75. The van der Waals surface area contributed by atoms with Crippen molar-refractivity contribution in [3.05, 3.63) is 64.0 Å². The lowest BCUT2D eigenvalue weighted by Crippen LogP contribution is -1.85. The quantitative estimate of drug-likeness (QED) is 0.587. The minimum absolute atomic E-state index is 0.750. The Morgan fingerprint density at radius 3 is 2.45 bits per heavy atom. The van der Waals surface area contributed by atoms with Crippen LogP contribution in [0.3, 0.4) is 0 Å². The van der Waals surface area contributed by atoms with Gasteiger partial charge in [0.15, 0.2) is 0 Å². The van der Waals surface area contributed by atoms with Gasteiger partial charge in [0.05, 0.1) is 5.69 Å². The Labute approximate surface area is 127 Å². The van der Waals surface area contributed by atoms with Gasteiger partial charge in [-0.15, -0.1) is 11.3 Å². The molecule has 3 rings (SSSR count).